The Morgan fingerprint density at radius 1 is 0.969 bits per heavy atom. The third-order valence-electron chi connectivity index (χ3n) is 4.26. The average molecular weight is 452 g/mol. The number of carbonyl (C=O) groups is 2. The van der Waals surface area contributed by atoms with Gasteiger partial charge in [0.25, 0.3) is 11.6 Å². The van der Waals surface area contributed by atoms with Crippen LogP contribution in [0.1, 0.15) is 6.92 Å². The minimum Gasteiger partial charge on any atom is -0.484 e. The molecule has 1 atom stereocenters. The molecule has 0 bridgehead atoms. The van der Waals surface area contributed by atoms with Crippen LogP contribution in [0.15, 0.2) is 83.8 Å². The van der Waals surface area contributed by atoms with Crippen LogP contribution in [0, 0.1) is 10.1 Å². The summed E-state index contributed by atoms with van der Waals surface area (Å²) in [6.07, 6.45) is 0. The van der Waals surface area contributed by atoms with Crippen molar-refractivity contribution in [1.82, 2.24) is 0 Å². The van der Waals surface area contributed by atoms with E-state index in [-0.39, 0.29) is 24.1 Å². The minimum atomic E-state index is -0.496. The highest BCUT2D eigenvalue weighted by atomic mass is 32.2. The van der Waals surface area contributed by atoms with E-state index in [1.165, 1.54) is 36.0 Å². The molecule has 8 nitrogen and oxygen atoms in total. The van der Waals surface area contributed by atoms with Crippen molar-refractivity contribution in [1.29, 1.82) is 0 Å². The van der Waals surface area contributed by atoms with Crippen molar-refractivity contribution in [2.24, 2.45) is 0 Å². The second-order valence-corrected chi connectivity index (χ2v) is 8.15. The zero-order valence-corrected chi connectivity index (χ0v) is 18.0. The number of nitrogens with zero attached hydrogens (tertiary/aromatic N) is 1. The molecule has 9 heteroatoms. The predicted molar refractivity (Wildman–Crippen MR) is 124 cm³/mol. The van der Waals surface area contributed by atoms with Gasteiger partial charge in [0.05, 0.1) is 10.2 Å². The molecule has 164 valence electrons. The first-order valence-corrected chi connectivity index (χ1v) is 10.6. The Hall–Kier alpha value is -3.85. The van der Waals surface area contributed by atoms with E-state index in [9.17, 15) is 19.7 Å². The van der Waals surface area contributed by atoms with Gasteiger partial charge in [-0.25, -0.2) is 0 Å². The van der Waals surface area contributed by atoms with Gasteiger partial charge in [0.1, 0.15) is 5.75 Å². The second kappa shape index (κ2) is 11.0. The molecule has 0 saturated heterocycles. The summed E-state index contributed by atoms with van der Waals surface area (Å²) in [5.74, 6) is 0.0781. The van der Waals surface area contributed by atoms with Crippen LogP contribution in [0.25, 0.3) is 0 Å². The summed E-state index contributed by atoms with van der Waals surface area (Å²) >= 11 is 1.33. The van der Waals surface area contributed by atoms with Gasteiger partial charge >= 0.3 is 0 Å². The quantitative estimate of drug-likeness (QED) is 0.276. The van der Waals surface area contributed by atoms with Crippen molar-refractivity contribution in [3.05, 3.63) is 89.0 Å². The Labute approximate surface area is 189 Å². The summed E-state index contributed by atoms with van der Waals surface area (Å²) in [5.41, 5.74) is 1.03. The molecule has 3 aromatic carbocycles. The molecule has 32 heavy (non-hydrogen) atoms. The fraction of sp³-hybridized carbons (Fsp3) is 0.130. The fourth-order valence-corrected chi connectivity index (χ4v) is 3.60. The van der Waals surface area contributed by atoms with E-state index in [4.69, 9.17) is 4.74 Å². The number of nitro groups is 1. The number of thioether (sulfide) groups is 1. The summed E-state index contributed by atoms with van der Waals surface area (Å²) in [7, 11) is 0. The van der Waals surface area contributed by atoms with Crippen LogP contribution < -0.4 is 15.4 Å². The zero-order chi connectivity index (χ0) is 22.9. The maximum Gasteiger partial charge on any atom is 0.269 e. The van der Waals surface area contributed by atoms with Crippen molar-refractivity contribution >= 4 is 40.6 Å². The number of ether oxygens (including phenoxy) is 1. The standard InChI is InChI=1S/C23H21N3O5S/c1-16(23(28)25-17-10-12-19(13-11-17)26(29)30)32-21-9-5-6-18(14-21)24-22(27)15-31-20-7-3-2-4-8-20/h2-14,16H,15H2,1H3,(H,24,27)(H,25,28). The zero-order valence-electron chi connectivity index (χ0n) is 17.2. The van der Waals surface area contributed by atoms with Gasteiger partial charge in [-0.3, -0.25) is 19.7 Å². The first-order valence-electron chi connectivity index (χ1n) is 9.70. The number of amides is 2. The third-order valence-corrected chi connectivity index (χ3v) is 5.35. The topological polar surface area (TPSA) is 111 Å². The molecule has 0 aromatic heterocycles. The van der Waals surface area contributed by atoms with Crippen molar-refractivity contribution < 1.29 is 19.2 Å². The van der Waals surface area contributed by atoms with Crippen LogP contribution in [0.5, 0.6) is 5.75 Å². The lowest BCUT2D eigenvalue weighted by Crippen LogP contribution is -2.22. The van der Waals surface area contributed by atoms with Crippen molar-refractivity contribution in [2.45, 2.75) is 17.1 Å². The number of anilines is 2. The van der Waals surface area contributed by atoms with Crippen LogP contribution in [-0.2, 0) is 9.59 Å². The highest BCUT2D eigenvalue weighted by molar-refractivity contribution is 8.00. The van der Waals surface area contributed by atoms with Crippen molar-refractivity contribution in [2.75, 3.05) is 17.2 Å². The van der Waals surface area contributed by atoms with Crippen LogP contribution >= 0.6 is 11.8 Å². The van der Waals surface area contributed by atoms with Crippen molar-refractivity contribution in [3.63, 3.8) is 0 Å². The normalized spacial score (nSPS) is 11.3. The van der Waals surface area contributed by atoms with Crippen LogP contribution in [0.2, 0.25) is 0 Å². The number of hydrogen-bond acceptors (Lipinski definition) is 6. The van der Waals surface area contributed by atoms with Crippen LogP contribution in [0.3, 0.4) is 0 Å². The molecule has 0 saturated carbocycles. The molecule has 2 N–H and O–H groups in total. The number of nitro benzene ring substituents is 1. The molecule has 3 rings (SSSR count). The molecule has 0 radical (unpaired) electrons. The lowest BCUT2D eigenvalue weighted by Gasteiger charge is -2.13. The predicted octanol–water partition coefficient (Wildman–Crippen LogP) is 4.73. The molecule has 0 heterocycles. The molecular weight excluding hydrogens is 430 g/mol. The van der Waals surface area contributed by atoms with E-state index in [2.05, 4.69) is 10.6 Å². The van der Waals surface area contributed by atoms with Crippen molar-refractivity contribution in [3.8, 4) is 5.75 Å². The summed E-state index contributed by atoms with van der Waals surface area (Å²) in [6.45, 7) is 1.64. The van der Waals surface area contributed by atoms with Gasteiger partial charge in [0, 0.05) is 28.4 Å². The number of carbonyl (C=O) groups excluding carboxylic acids is 2. The van der Waals surface area contributed by atoms with Gasteiger partial charge in [-0.15, -0.1) is 11.8 Å². The number of benzene rings is 3. The highest BCUT2D eigenvalue weighted by Gasteiger charge is 2.16. The van der Waals surface area contributed by atoms with Gasteiger partial charge in [-0.2, -0.15) is 0 Å². The van der Waals surface area contributed by atoms with E-state index >= 15 is 0 Å². The number of nitrogens with one attached hydrogen (secondary N) is 2. The van der Waals surface area contributed by atoms with E-state index in [0.29, 0.717) is 17.1 Å². The molecule has 3 aromatic rings. The van der Waals surface area contributed by atoms with E-state index < -0.39 is 10.2 Å². The molecule has 0 aliphatic carbocycles. The number of non-ortho nitro benzene ring substituents is 1. The Morgan fingerprint density at radius 3 is 2.38 bits per heavy atom. The summed E-state index contributed by atoms with van der Waals surface area (Å²) < 4.78 is 5.44. The Bertz CT molecular complexity index is 1090. The smallest absolute Gasteiger partial charge is 0.269 e. The van der Waals surface area contributed by atoms with E-state index in [1.54, 1.807) is 37.3 Å². The summed E-state index contributed by atoms with van der Waals surface area (Å²) in [4.78, 5) is 35.6. The lowest BCUT2D eigenvalue weighted by atomic mass is 10.3. The molecule has 0 aliphatic rings. The first kappa shape index (κ1) is 22.8. The Kier molecular flexibility index (Phi) is 7.82. The van der Waals surface area contributed by atoms with Crippen LogP contribution in [0.4, 0.5) is 17.1 Å². The largest absolute Gasteiger partial charge is 0.484 e. The molecule has 2 amide bonds. The average Bonchev–Trinajstić information content (AvgIpc) is 2.79. The lowest BCUT2D eigenvalue weighted by molar-refractivity contribution is -0.384. The maximum atomic E-state index is 12.5. The van der Waals surface area contributed by atoms with E-state index in [1.807, 2.05) is 24.3 Å². The number of hydrogen-bond donors (Lipinski definition) is 2. The molecule has 0 spiro atoms. The molecule has 0 aliphatic heterocycles. The van der Waals surface area contributed by atoms with Gasteiger partial charge in [0.2, 0.25) is 5.91 Å². The fourth-order valence-electron chi connectivity index (χ4n) is 2.68. The SMILES string of the molecule is CC(Sc1cccc(NC(=O)COc2ccccc2)c1)C(=O)Nc1ccc([N+](=O)[O-])cc1. The minimum absolute atomic E-state index is 0.0431. The Morgan fingerprint density at radius 2 is 1.69 bits per heavy atom. The summed E-state index contributed by atoms with van der Waals surface area (Å²) in [5, 5.41) is 15.8. The monoisotopic (exact) mass is 451 g/mol. The maximum absolute atomic E-state index is 12.5. The van der Waals surface area contributed by atoms with Gasteiger partial charge < -0.3 is 15.4 Å². The number of rotatable bonds is 9. The van der Waals surface area contributed by atoms with Gasteiger partial charge in [0.15, 0.2) is 6.61 Å². The molecular formula is C23H21N3O5S. The highest BCUT2D eigenvalue weighted by Crippen LogP contribution is 2.27. The second-order valence-electron chi connectivity index (χ2n) is 6.73. The van der Waals surface area contributed by atoms with Gasteiger partial charge in [-0.1, -0.05) is 24.3 Å². The Balaban J connectivity index is 1.52. The van der Waals surface area contributed by atoms with Crippen LogP contribution in [-0.4, -0.2) is 28.6 Å². The number of para-hydroxylation sites is 1. The van der Waals surface area contributed by atoms with Gasteiger partial charge in [-0.05, 0) is 49.4 Å². The first-order chi connectivity index (χ1) is 15.4. The third kappa shape index (κ3) is 6.85. The summed E-state index contributed by atoms with van der Waals surface area (Å²) in [6, 6.07) is 21.9. The molecule has 0 fully saturated rings. The molecule has 1 unspecified atom stereocenters. The van der Waals surface area contributed by atoms with E-state index in [0.717, 1.165) is 4.90 Å².